The fourth-order valence-corrected chi connectivity index (χ4v) is 2.06. The Morgan fingerprint density at radius 3 is 2.64 bits per heavy atom. The van der Waals surface area contributed by atoms with E-state index in [0.717, 1.165) is 6.42 Å². The molecule has 1 aliphatic rings. The van der Waals surface area contributed by atoms with Crippen LogP contribution in [0.1, 0.15) is 19.8 Å². The predicted molar refractivity (Wildman–Crippen MR) is 50.7 cm³/mol. The smallest absolute Gasteiger partial charge is 0.407 e. The summed E-state index contributed by atoms with van der Waals surface area (Å²) in [4.78, 5) is 23.0. The molecule has 2 amide bonds. The Labute approximate surface area is 82.9 Å². The monoisotopic (exact) mass is 200 g/mol. The summed E-state index contributed by atoms with van der Waals surface area (Å²) >= 11 is 0. The van der Waals surface area contributed by atoms with Crippen LogP contribution in [0.2, 0.25) is 0 Å². The summed E-state index contributed by atoms with van der Waals surface area (Å²) in [5.74, 6) is -0.391. The molecule has 1 aliphatic heterocycles. The van der Waals surface area contributed by atoms with Gasteiger partial charge in [-0.05, 0) is 18.8 Å². The summed E-state index contributed by atoms with van der Waals surface area (Å²) in [5, 5.41) is 8.73. The van der Waals surface area contributed by atoms with Crippen LogP contribution in [-0.4, -0.2) is 35.1 Å². The first kappa shape index (κ1) is 10.8. The average molecular weight is 200 g/mol. The molecule has 0 aromatic rings. The summed E-state index contributed by atoms with van der Waals surface area (Å²) in [6.07, 6.45) is 0.521. The van der Waals surface area contributed by atoms with Crippen LogP contribution in [0.3, 0.4) is 0 Å². The molecule has 0 spiro atoms. The molecule has 1 heterocycles. The number of hydrogen-bond donors (Lipinski definition) is 2. The molecule has 1 rings (SSSR count). The van der Waals surface area contributed by atoms with Crippen molar-refractivity contribution in [2.45, 2.75) is 19.8 Å². The van der Waals surface area contributed by atoms with Crippen LogP contribution in [-0.2, 0) is 4.79 Å². The summed E-state index contributed by atoms with van der Waals surface area (Å²) in [6.45, 7) is 2.86. The minimum atomic E-state index is -0.910. The Morgan fingerprint density at radius 1 is 1.64 bits per heavy atom. The van der Waals surface area contributed by atoms with Crippen molar-refractivity contribution in [3.8, 4) is 0 Å². The van der Waals surface area contributed by atoms with Crippen molar-refractivity contribution in [2.24, 2.45) is 17.6 Å². The van der Waals surface area contributed by atoms with E-state index in [1.54, 1.807) is 0 Å². The molecule has 2 atom stereocenters. The number of likely N-dealkylation sites (tertiary alicyclic amines) is 1. The molecule has 0 unspecified atom stereocenters. The zero-order valence-electron chi connectivity index (χ0n) is 8.27. The summed E-state index contributed by atoms with van der Waals surface area (Å²) in [7, 11) is 0. The number of carbonyl (C=O) groups is 2. The van der Waals surface area contributed by atoms with Crippen LogP contribution in [0.15, 0.2) is 0 Å². The molecule has 0 saturated carbocycles. The van der Waals surface area contributed by atoms with Crippen molar-refractivity contribution >= 4 is 12.0 Å². The number of carbonyl (C=O) groups excluding carboxylic acids is 1. The molecule has 0 aromatic heterocycles. The van der Waals surface area contributed by atoms with Crippen LogP contribution in [0, 0.1) is 11.8 Å². The second kappa shape index (κ2) is 4.30. The summed E-state index contributed by atoms with van der Waals surface area (Å²) in [5.41, 5.74) is 5.24. The minimum absolute atomic E-state index is 0.105. The van der Waals surface area contributed by atoms with E-state index in [4.69, 9.17) is 10.8 Å². The van der Waals surface area contributed by atoms with Crippen molar-refractivity contribution in [3.63, 3.8) is 0 Å². The summed E-state index contributed by atoms with van der Waals surface area (Å²) in [6, 6.07) is 0. The Hall–Kier alpha value is -1.26. The standard InChI is InChI=1S/C9H16N2O3/c1-2-7(8(10)12)6-3-4-11(5-6)9(13)14/h6-7H,2-5H2,1H3,(H2,10,12)(H,13,14)/t6-,7+/m1/s1. The van der Waals surface area contributed by atoms with E-state index in [0.29, 0.717) is 19.5 Å². The first-order valence-corrected chi connectivity index (χ1v) is 4.83. The first-order valence-electron chi connectivity index (χ1n) is 4.83. The number of amides is 2. The van der Waals surface area contributed by atoms with Crippen LogP contribution in [0.25, 0.3) is 0 Å². The van der Waals surface area contributed by atoms with E-state index in [1.165, 1.54) is 4.90 Å². The number of primary amides is 1. The maximum atomic E-state index is 11.1. The molecule has 0 radical (unpaired) electrons. The van der Waals surface area contributed by atoms with Crippen molar-refractivity contribution in [2.75, 3.05) is 13.1 Å². The average Bonchev–Trinajstić information content (AvgIpc) is 2.53. The molecular weight excluding hydrogens is 184 g/mol. The molecule has 0 aromatic carbocycles. The normalized spacial score (nSPS) is 23.5. The van der Waals surface area contributed by atoms with Gasteiger partial charge in [0.05, 0.1) is 0 Å². The zero-order valence-corrected chi connectivity index (χ0v) is 8.27. The molecule has 1 saturated heterocycles. The lowest BCUT2D eigenvalue weighted by Crippen LogP contribution is -2.33. The lowest BCUT2D eigenvalue weighted by atomic mass is 9.89. The quantitative estimate of drug-likeness (QED) is 0.695. The fourth-order valence-electron chi connectivity index (χ4n) is 2.06. The highest BCUT2D eigenvalue weighted by atomic mass is 16.4. The number of nitrogens with two attached hydrogens (primary N) is 1. The van der Waals surface area contributed by atoms with Gasteiger partial charge in [0.1, 0.15) is 0 Å². The number of carboxylic acid groups (broad SMARTS) is 1. The van der Waals surface area contributed by atoms with E-state index < -0.39 is 6.09 Å². The van der Waals surface area contributed by atoms with E-state index in [1.807, 2.05) is 6.92 Å². The molecule has 5 nitrogen and oxygen atoms in total. The van der Waals surface area contributed by atoms with Gasteiger partial charge in [0.25, 0.3) is 0 Å². The van der Waals surface area contributed by atoms with Gasteiger partial charge in [0.2, 0.25) is 5.91 Å². The maximum absolute atomic E-state index is 11.1. The lowest BCUT2D eigenvalue weighted by Gasteiger charge is -2.18. The van der Waals surface area contributed by atoms with Gasteiger partial charge < -0.3 is 15.7 Å². The maximum Gasteiger partial charge on any atom is 0.407 e. The highest BCUT2D eigenvalue weighted by Gasteiger charge is 2.33. The van der Waals surface area contributed by atoms with E-state index in [-0.39, 0.29) is 17.7 Å². The molecule has 1 fully saturated rings. The fraction of sp³-hybridized carbons (Fsp3) is 0.778. The van der Waals surface area contributed by atoms with Gasteiger partial charge in [0.15, 0.2) is 0 Å². The van der Waals surface area contributed by atoms with E-state index >= 15 is 0 Å². The third-order valence-electron chi connectivity index (χ3n) is 2.87. The number of rotatable bonds is 3. The molecule has 3 N–H and O–H groups in total. The third-order valence-corrected chi connectivity index (χ3v) is 2.87. The van der Waals surface area contributed by atoms with Crippen molar-refractivity contribution in [1.29, 1.82) is 0 Å². The topological polar surface area (TPSA) is 83.6 Å². The SMILES string of the molecule is CC[C@H](C(N)=O)[C@@H]1CCN(C(=O)O)C1. The predicted octanol–water partition coefficient (Wildman–Crippen LogP) is 0.498. The molecular formula is C9H16N2O3. The van der Waals surface area contributed by atoms with Crippen LogP contribution in [0.5, 0.6) is 0 Å². The second-order valence-electron chi connectivity index (χ2n) is 3.69. The Kier molecular flexibility index (Phi) is 3.33. The van der Waals surface area contributed by atoms with E-state index in [2.05, 4.69) is 0 Å². The van der Waals surface area contributed by atoms with Gasteiger partial charge in [-0.3, -0.25) is 4.79 Å². The van der Waals surface area contributed by atoms with Gasteiger partial charge in [-0.15, -0.1) is 0 Å². The van der Waals surface area contributed by atoms with E-state index in [9.17, 15) is 9.59 Å². The molecule has 5 heteroatoms. The third kappa shape index (κ3) is 2.16. The van der Waals surface area contributed by atoms with Gasteiger partial charge in [-0.25, -0.2) is 4.79 Å². The van der Waals surface area contributed by atoms with Crippen LogP contribution in [0.4, 0.5) is 4.79 Å². The molecule has 0 bridgehead atoms. The number of hydrogen-bond acceptors (Lipinski definition) is 2. The van der Waals surface area contributed by atoms with Crippen molar-refractivity contribution < 1.29 is 14.7 Å². The largest absolute Gasteiger partial charge is 0.465 e. The van der Waals surface area contributed by atoms with Crippen molar-refractivity contribution in [3.05, 3.63) is 0 Å². The highest BCUT2D eigenvalue weighted by molar-refractivity contribution is 5.77. The minimum Gasteiger partial charge on any atom is -0.465 e. The number of nitrogens with zero attached hydrogens (tertiary/aromatic N) is 1. The molecule has 14 heavy (non-hydrogen) atoms. The summed E-state index contributed by atoms with van der Waals surface area (Å²) < 4.78 is 0. The first-order chi connectivity index (χ1) is 6.56. The van der Waals surface area contributed by atoms with Gasteiger partial charge in [-0.2, -0.15) is 0 Å². The second-order valence-corrected chi connectivity index (χ2v) is 3.69. The van der Waals surface area contributed by atoms with Crippen molar-refractivity contribution in [1.82, 2.24) is 4.90 Å². The Morgan fingerprint density at radius 2 is 2.29 bits per heavy atom. The lowest BCUT2D eigenvalue weighted by molar-refractivity contribution is -0.123. The highest BCUT2D eigenvalue weighted by Crippen LogP contribution is 2.26. The molecule has 80 valence electrons. The van der Waals surface area contributed by atoms with Gasteiger partial charge >= 0.3 is 6.09 Å². The van der Waals surface area contributed by atoms with Crippen LogP contribution < -0.4 is 5.73 Å². The van der Waals surface area contributed by atoms with Gasteiger partial charge in [-0.1, -0.05) is 6.92 Å². The van der Waals surface area contributed by atoms with Gasteiger partial charge in [0, 0.05) is 19.0 Å². The molecule has 0 aliphatic carbocycles. The zero-order chi connectivity index (χ0) is 10.7. The Bertz CT molecular complexity index is 242. The van der Waals surface area contributed by atoms with Crippen LogP contribution >= 0.6 is 0 Å². The Balaban J connectivity index is 2.55.